The highest BCUT2D eigenvalue weighted by molar-refractivity contribution is 7.89. The van der Waals surface area contributed by atoms with E-state index >= 15 is 0 Å². The highest BCUT2D eigenvalue weighted by Crippen LogP contribution is 2.28. The molecule has 0 radical (unpaired) electrons. The highest BCUT2D eigenvalue weighted by Gasteiger charge is 2.28. The molecule has 0 bridgehead atoms. The number of carbonyl (C=O) groups excluding carboxylic acids is 1. The smallest absolute Gasteiger partial charge is 0.248 e. The third kappa shape index (κ3) is 5.85. The Kier molecular flexibility index (Phi) is 7.18. The maximum atomic E-state index is 12.9. The first-order chi connectivity index (χ1) is 15.9. The van der Waals surface area contributed by atoms with Gasteiger partial charge in [0, 0.05) is 18.8 Å². The van der Waals surface area contributed by atoms with Crippen LogP contribution in [0.5, 0.6) is 5.75 Å². The lowest BCUT2D eigenvalue weighted by atomic mass is 10.3. The number of sulfonamides is 1. The van der Waals surface area contributed by atoms with Crippen LogP contribution in [0.3, 0.4) is 0 Å². The molecule has 3 aromatic rings. The molecule has 0 saturated carbocycles. The first kappa shape index (κ1) is 23.1. The molecule has 2 heterocycles. The van der Waals surface area contributed by atoms with Crippen molar-refractivity contribution in [3.05, 3.63) is 59.4 Å². The number of ether oxygens (including phenoxy) is 2. The Balaban J connectivity index is 1.38. The summed E-state index contributed by atoms with van der Waals surface area (Å²) in [5.41, 5.74) is 0.281. The van der Waals surface area contributed by atoms with E-state index in [0.29, 0.717) is 24.8 Å². The number of amides is 1. The molecular formula is C20H21ClN6O5S. The summed E-state index contributed by atoms with van der Waals surface area (Å²) >= 11 is 6.15. The van der Waals surface area contributed by atoms with Gasteiger partial charge in [0.2, 0.25) is 21.8 Å². The molecule has 11 nitrogen and oxygen atoms in total. The molecule has 0 aliphatic carbocycles. The van der Waals surface area contributed by atoms with Crippen molar-refractivity contribution in [2.45, 2.75) is 18.0 Å². The van der Waals surface area contributed by atoms with Crippen LogP contribution in [0.2, 0.25) is 5.02 Å². The quantitative estimate of drug-likeness (QED) is 0.501. The lowest BCUT2D eigenvalue weighted by Crippen LogP contribution is -2.40. The van der Waals surface area contributed by atoms with Crippen LogP contribution in [0.4, 0.5) is 5.69 Å². The summed E-state index contributed by atoms with van der Waals surface area (Å²) in [4.78, 5) is 13.5. The van der Waals surface area contributed by atoms with Gasteiger partial charge in [-0.3, -0.25) is 4.79 Å². The molecule has 13 heteroatoms. The summed E-state index contributed by atoms with van der Waals surface area (Å²) in [5.74, 6) is 0.522. The fraction of sp³-hybridized carbons (Fsp3) is 0.300. The number of aromatic nitrogens is 4. The van der Waals surface area contributed by atoms with Gasteiger partial charge in [-0.2, -0.15) is 9.10 Å². The van der Waals surface area contributed by atoms with Crippen molar-refractivity contribution >= 4 is 33.2 Å². The summed E-state index contributed by atoms with van der Waals surface area (Å²) in [5, 5.41) is 14.5. The van der Waals surface area contributed by atoms with Crippen LogP contribution in [-0.4, -0.2) is 65.1 Å². The molecule has 0 unspecified atom stereocenters. The zero-order chi connectivity index (χ0) is 23.3. The number of nitrogens with zero attached hydrogens (tertiary/aromatic N) is 5. The van der Waals surface area contributed by atoms with Crippen molar-refractivity contribution in [2.24, 2.45) is 0 Å². The van der Waals surface area contributed by atoms with Gasteiger partial charge in [0.25, 0.3) is 0 Å². The van der Waals surface area contributed by atoms with Crippen LogP contribution in [0.1, 0.15) is 5.82 Å². The predicted octanol–water partition coefficient (Wildman–Crippen LogP) is 1.57. The fourth-order valence-electron chi connectivity index (χ4n) is 3.10. The van der Waals surface area contributed by atoms with Gasteiger partial charge in [0.15, 0.2) is 6.61 Å². The molecule has 4 rings (SSSR count). The van der Waals surface area contributed by atoms with Crippen molar-refractivity contribution in [3.8, 4) is 5.75 Å². The van der Waals surface area contributed by atoms with E-state index in [-0.39, 0.29) is 41.8 Å². The van der Waals surface area contributed by atoms with Crippen LogP contribution in [-0.2, 0) is 32.7 Å². The average Bonchev–Trinajstić information content (AvgIpc) is 3.27. The number of hydrogen-bond donors (Lipinski definition) is 1. The number of carbonyl (C=O) groups is 1. The van der Waals surface area contributed by atoms with Crippen molar-refractivity contribution in [3.63, 3.8) is 0 Å². The molecule has 2 aromatic carbocycles. The van der Waals surface area contributed by atoms with Gasteiger partial charge in [-0.25, -0.2) is 8.42 Å². The van der Waals surface area contributed by atoms with Crippen LogP contribution in [0, 0.1) is 0 Å². The Morgan fingerprint density at radius 3 is 2.67 bits per heavy atom. The maximum absolute atomic E-state index is 12.9. The van der Waals surface area contributed by atoms with Gasteiger partial charge >= 0.3 is 0 Å². The number of tetrazole rings is 1. The monoisotopic (exact) mass is 492 g/mol. The molecule has 0 atom stereocenters. The largest absolute Gasteiger partial charge is 0.485 e. The van der Waals surface area contributed by atoms with E-state index in [9.17, 15) is 13.2 Å². The Hall–Kier alpha value is -3.06. The third-order valence-corrected chi connectivity index (χ3v) is 7.07. The van der Waals surface area contributed by atoms with Crippen molar-refractivity contribution < 1.29 is 22.7 Å². The van der Waals surface area contributed by atoms with Gasteiger partial charge in [0.05, 0.1) is 18.2 Å². The fourth-order valence-corrected chi connectivity index (χ4v) is 5.01. The zero-order valence-electron chi connectivity index (χ0n) is 17.4. The maximum Gasteiger partial charge on any atom is 0.248 e. The number of morpholine rings is 1. The van der Waals surface area contributed by atoms with Crippen molar-refractivity contribution in [2.75, 3.05) is 31.6 Å². The van der Waals surface area contributed by atoms with E-state index in [4.69, 9.17) is 21.1 Å². The number of rotatable bonds is 8. The molecule has 1 aliphatic rings. The Morgan fingerprint density at radius 1 is 1.15 bits per heavy atom. The summed E-state index contributed by atoms with van der Waals surface area (Å²) in [6, 6.07) is 13.5. The van der Waals surface area contributed by atoms with Crippen LogP contribution in [0.25, 0.3) is 0 Å². The van der Waals surface area contributed by atoms with E-state index in [1.807, 2.05) is 18.2 Å². The van der Waals surface area contributed by atoms with E-state index < -0.39 is 15.9 Å². The minimum Gasteiger partial charge on any atom is -0.485 e. The Labute approximate surface area is 195 Å². The van der Waals surface area contributed by atoms with Crippen molar-refractivity contribution in [1.29, 1.82) is 0 Å². The topological polar surface area (TPSA) is 129 Å². The van der Waals surface area contributed by atoms with Gasteiger partial charge in [-0.05, 0) is 35.5 Å². The minimum atomic E-state index is -3.82. The van der Waals surface area contributed by atoms with Crippen LogP contribution < -0.4 is 10.1 Å². The van der Waals surface area contributed by atoms with Crippen molar-refractivity contribution in [1.82, 2.24) is 24.5 Å². The van der Waals surface area contributed by atoms with E-state index in [1.54, 1.807) is 12.1 Å². The molecular weight excluding hydrogens is 472 g/mol. The predicted molar refractivity (Wildman–Crippen MR) is 118 cm³/mol. The number of nitrogens with one attached hydrogen (secondary N) is 1. The number of benzene rings is 2. The molecule has 174 valence electrons. The summed E-state index contributed by atoms with van der Waals surface area (Å²) in [6.07, 6.45) is 0. The second kappa shape index (κ2) is 10.3. The summed E-state index contributed by atoms with van der Waals surface area (Å²) in [6.45, 7) is 0.998. The molecule has 0 spiro atoms. The molecule has 1 amide bonds. The number of anilines is 1. The molecule has 1 aromatic heterocycles. The van der Waals surface area contributed by atoms with Gasteiger partial charge < -0.3 is 14.8 Å². The van der Waals surface area contributed by atoms with Gasteiger partial charge in [-0.1, -0.05) is 29.8 Å². The van der Waals surface area contributed by atoms with Gasteiger partial charge in [0.1, 0.15) is 17.2 Å². The normalized spacial score (nSPS) is 14.7. The lowest BCUT2D eigenvalue weighted by Gasteiger charge is -2.26. The van der Waals surface area contributed by atoms with E-state index in [1.165, 1.54) is 22.5 Å². The lowest BCUT2D eigenvalue weighted by molar-refractivity contribution is -0.117. The third-order valence-electron chi connectivity index (χ3n) is 4.69. The molecule has 1 N–H and O–H groups in total. The van der Waals surface area contributed by atoms with Crippen LogP contribution >= 0.6 is 11.6 Å². The number of halogens is 1. The minimum absolute atomic E-state index is 0.0699. The second-order valence-electron chi connectivity index (χ2n) is 7.05. The highest BCUT2D eigenvalue weighted by atomic mass is 35.5. The van der Waals surface area contributed by atoms with Gasteiger partial charge in [-0.15, -0.1) is 10.2 Å². The van der Waals surface area contributed by atoms with E-state index in [0.717, 1.165) is 4.80 Å². The standard InChI is InChI=1S/C20H21ClN6O5S/c21-17-7-6-15(12-18(17)33(29,30)26-8-10-31-11-9-26)22-20(28)13-27-24-19(23-25-27)14-32-16-4-2-1-3-5-16/h1-7,12H,8-11,13-14H2,(H,22,28). The molecule has 33 heavy (non-hydrogen) atoms. The first-order valence-corrected chi connectivity index (χ1v) is 11.9. The SMILES string of the molecule is O=C(Cn1nnc(COc2ccccc2)n1)Nc1ccc(Cl)c(S(=O)(=O)N2CCOCC2)c1. The van der Waals surface area contributed by atoms with Crippen LogP contribution in [0.15, 0.2) is 53.4 Å². The average molecular weight is 493 g/mol. The molecule has 1 fully saturated rings. The molecule has 1 aliphatic heterocycles. The first-order valence-electron chi connectivity index (χ1n) is 10.0. The summed E-state index contributed by atoms with van der Waals surface area (Å²) in [7, 11) is -3.82. The molecule has 1 saturated heterocycles. The Bertz CT molecular complexity index is 1210. The second-order valence-corrected chi connectivity index (χ2v) is 9.36. The van der Waals surface area contributed by atoms with E-state index in [2.05, 4.69) is 20.7 Å². The number of hydrogen-bond acceptors (Lipinski definition) is 8. The number of para-hydroxylation sites is 1. The Morgan fingerprint density at radius 2 is 1.91 bits per heavy atom. The zero-order valence-corrected chi connectivity index (χ0v) is 19.0. The summed E-state index contributed by atoms with van der Waals surface area (Å²) < 4.78 is 37.9.